The molecule has 1 aliphatic heterocycles. The van der Waals surface area contributed by atoms with Crippen molar-refractivity contribution in [2.45, 2.75) is 38.4 Å². The number of aromatic nitrogens is 1. The van der Waals surface area contributed by atoms with Gasteiger partial charge in [0, 0.05) is 24.7 Å². The Bertz CT molecular complexity index is 885. The SMILES string of the molecule is O=C(CCCN(Cc1ccccn1)C(=O)C(F)(F)F)c1ccc2c(c1)CCNCC2. The summed E-state index contributed by atoms with van der Waals surface area (Å²) in [7, 11) is 0. The molecule has 160 valence electrons. The number of hydrogen-bond acceptors (Lipinski definition) is 4. The van der Waals surface area contributed by atoms with E-state index in [0.717, 1.165) is 31.5 Å². The second-order valence-electron chi connectivity index (χ2n) is 7.31. The Morgan fingerprint density at radius 1 is 1.07 bits per heavy atom. The molecule has 1 aromatic heterocycles. The number of halogens is 3. The van der Waals surface area contributed by atoms with E-state index >= 15 is 0 Å². The predicted molar refractivity (Wildman–Crippen MR) is 106 cm³/mol. The Hall–Kier alpha value is -2.74. The number of amides is 1. The fraction of sp³-hybridized carbons (Fsp3) is 0.409. The highest BCUT2D eigenvalue weighted by atomic mass is 19.4. The van der Waals surface area contributed by atoms with Crippen LogP contribution >= 0.6 is 0 Å². The molecule has 1 aliphatic rings. The van der Waals surface area contributed by atoms with Crippen molar-refractivity contribution in [2.24, 2.45) is 0 Å². The topological polar surface area (TPSA) is 62.3 Å². The van der Waals surface area contributed by atoms with E-state index < -0.39 is 12.1 Å². The smallest absolute Gasteiger partial charge is 0.329 e. The van der Waals surface area contributed by atoms with Crippen LogP contribution in [0.1, 0.15) is 40.0 Å². The van der Waals surface area contributed by atoms with E-state index in [0.29, 0.717) is 16.2 Å². The van der Waals surface area contributed by atoms with Crippen LogP contribution in [0.4, 0.5) is 13.2 Å². The number of benzene rings is 1. The van der Waals surface area contributed by atoms with Crippen LogP contribution in [-0.2, 0) is 24.2 Å². The maximum atomic E-state index is 13.0. The van der Waals surface area contributed by atoms with Gasteiger partial charge < -0.3 is 10.2 Å². The van der Waals surface area contributed by atoms with Crippen molar-refractivity contribution in [1.29, 1.82) is 0 Å². The highest BCUT2D eigenvalue weighted by Gasteiger charge is 2.42. The number of Topliss-reactive ketones (excluding diaryl/α,β-unsaturated/α-hetero) is 1. The fourth-order valence-electron chi connectivity index (χ4n) is 3.54. The number of nitrogens with zero attached hydrogens (tertiary/aromatic N) is 2. The molecule has 0 saturated heterocycles. The first-order valence-corrected chi connectivity index (χ1v) is 9.96. The fourth-order valence-corrected chi connectivity index (χ4v) is 3.54. The molecule has 0 unspecified atom stereocenters. The number of fused-ring (bicyclic) bond motifs is 1. The summed E-state index contributed by atoms with van der Waals surface area (Å²) in [6, 6.07) is 10.5. The summed E-state index contributed by atoms with van der Waals surface area (Å²) in [5.74, 6) is -2.05. The maximum Gasteiger partial charge on any atom is 0.471 e. The van der Waals surface area contributed by atoms with Gasteiger partial charge in [-0.05, 0) is 61.7 Å². The zero-order chi connectivity index (χ0) is 21.6. The van der Waals surface area contributed by atoms with Crippen LogP contribution in [0.2, 0.25) is 0 Å². The normalized spacial score (nSPS) is 14.0. The molecule has 3 rings (SSSR count). The molecule has 0 spiro atoms. The first-order valence-electron chi connectivity index (χ1n) is 9.96. The largest absolute Gasteiger partial charge is 0.471 e. The maximum absolute atomic E-state index is 13.0. The molecular formula is C22H24F3N3O2. The minimum absolute atomic E-state index is 0.0703. The molecular weight excluding hydrogens is 395 g/mol. The Balaban J connectivity index is 1.62. The lowest BCUT2D eigenvalue weighted by atomic mass is 9.97. The molecule has 8 heteroatoms. The van der Waals surface area contributed by atoms with E-state index in [4.69, 9.17) is 0 Å². The minimum atomic E-state index is -4.97. The van der Waals surface area contributed by atoms with Gasteiger partial charge in [-0.15, -0.1) is 0 Å². The first kappa shape index (κ1) is 22.0. The van der Waals surface area contributed by atoms with Gasteiger partial charge in [-0.3, -0.25) is 14.6 Å². The van der Waals surface area contributed by atoms with Gasteiger partial charge in [-0.2, -0.15) is 13.2 Å². The van der Waals surface area contributed by atoms with Crippen LogP contribution in [0.25, 0.3) is 0 Å². The van der Waals surface area contributed by atoms with Crippen molar-refractivity contribution < 1.29 is 22.8 Å². The van der Waals surface area contributed by atoms with Gasteiger partial charge in [0.1, 0.15) is 0 Å². The van der Waals surface area contributed by atoms with Crippen LogP contribution in [0.15, 0.2) is 42.6 Å². The molecule has 1 N–H and O–H groups in total. The summed E-state index contributed by atoms with van der Waals surface area (Å²) in [5.41, 5.74) is 3.28. The minimum Gasteiger partial charge on any atom is -0.329 e. The van der Waals surface area contributed by atoms with Crippen LogP contribution in [0.3, 0.4) is 0 Å². The lowest BCUT2D eigenvalue weighted by Gasteiger charge is -2.23. The Morgan fingerprint density at radius 2 is 1.83 bits per heavy atom. The highest BCUT2D eigenvalue weighted by molar-refractivity contribution is 5.96. The summed E-state index contributed by atoms with van der Waals surface area (Å²) in [6.07, 6.45) is -1.54. The van der Waals surface area contributed by atoms with Crippen molar-refractivity contribution in [2.75, 3.05) is 19.6 Å². The van der Waals surface area contributed by atoms with Gasteiger partial charge in [-0.1, -0.05) is 18.2 Å². The quantitative estimate of drug-likeness (QED) is 0.700. The van der Waals surface area contributed by atoms with Gasteiger partial charge in [0.25, 0.3) is 0 Å². The summed E-state index contributed by atoms with van der Waals surface area (Å²) < 4.78 is 38.9. The van der Waals surface area contributed by atoms with Crippen LogP contribution in [0.5, 0.6) is 0 Å². The third-order valence-corrected chi connectivity index (χ3v) is 5.11. The Kier molecular flexibility index (Phi) is 7.20. The molecule has 30 heavy (non-hydrogen) atoms. The van der Waals surface area contributed by atoms with Crippen molar-refractivity contribution in [3.63, 3.8) is 0 Å². The number of rotatable bonds is 7. The van der Waals surface area contributed by atoms with Gasteiger partial charge in [0.05, 0.1) is 12.2 Å². The third-order valence-electron chi connectivity index (χ3n) is 5.11. The van der Waals surface area contributed by atoms with E-state index in [-0.39, 0.29) is 31.7 Å². The first-order chi connectivity index (χ1) is 14.3. The van der Waals surface area contributed by atoms with Gasteiger partial charge in [-0.25, -0.2) is 0 Å². The molecule has 0 radical (unpaired) electrons. The van der Waals surface area contributed by atoms with E-state index in [1.807, 2.05) is 12.1 Å². The number of pyridine rings is 1. The zero-order valence-corrected chi connectivity index (χ0v) is 16.5. The van der Waals surface area contributed by atoms with Crippen molar-refractivity contribution >= 4 is 11.7 Å². The number of alkyl halides is 3. The van der Waals surface area contributed by atoms with E-state index in [1.54, 1.807) is 24.3 Å². The molecule has 0 bridgehead atoms. The van der Waals surface area contributed by atoms with Gasteiger partial charge in [0.15, 0.2) is 5.78 Å². The predicted octanol–water partition coefficient (Wildman–Crippen LogP) is 3.32. The van der Waals surface area contributed by atoms with Crippen LogP contribution in [-0.4, -0.2) is 47.4 Å². The average Bonchev–Trinajstić information content (AvgIpc) is 2.97. The summed E-state index contributed by atoms with van der Waals surface area (Å²) >= 11 is 0. The third kappa shape index (κ3) is 5.89. The molecule has 1 amide bonds. The molecule has 0 atom stereocenters. The number of hydrogen-bond donors (Lipinski definition) is 1. The zero-order valence-electron chi connectivity index (χ0n) is 16.5. The van der Waals surface area contributed by atoms with E-state index in [9.17, 15) is 22.8 Å². The monoisotopic (exact) mass is 419 g/mol. The van der Waals surface area contributed by atoms with Crippen LogP contribution in [0, 0.1) is 0 Å². The number of carbonyl (C=O) groups excluding carboxylic acids is 2. The van der Waals surface area contributed by atoms with Gasteiger partial charge >= 0.3 is 12.1 Å². The molecule has 5 nitrogen and oxygen atoms in total. The van der Waals surface area contributed by atoms with Crippen LogP contribution < -0.4 is 5.32 Å². The lowest BCUT2D eigenvalue weighted by Crippen LogP contribution is -2.41. The lowest BCUT2D eigenvalue weighted by molar-refractivity contribution is -0.186. The second kappa shape index (κ2) is 9.84. The summed E-state index contributed by atoms with van der Waals surface area (Å²) in [6.45, 7) is 1.33. The molecule has 2 aromatic rings. The second-order valence-corrected chi connectivity index (χ2v) is 7.31. The van der Waals surface area contributed by atoms with E-state index in [1.165, 1.54) is 11.8 Å². The standard InChI is InChI=1S/C22H24F3N3O2/c23-22(24,25)21(30)28(15-19-4-1-2-10-27-19)13-3-5-20(29)18-7-6-16-8-11-26-12-9-17(16)14-18/h1-2,4,6-7,10,14,26H,3,5,8-9,11-13,15H2. The van der Waals surface area contributed by atoms with Crippen molar-refractivity contribution in [3.05, 3.63) is 65.0 Å². The number of ketones is 1. The molecule has 0 fully saturated rings. The van der Waals surface area contributed by atoms with Gasteiger partial charge in [0.2, 0.25) is 0 Å². The summed E-state index contributed by atoms with van der Waals surface area (Å²) in [4.78, 5) is 29.1. The molecule has 1 aromatic carbocycles. The van der Waals surface area contributed by atoms with Crippen molar-refractivity contribution in [1.82, 2.24) is 15.2 Å². The molecule has 0 aliphatic carbocycles. The molecule has 2 heterocycles. The molecule has 0 saturated carbocycles. The number of nitrogens with one attached hydrogen (secondary N) is 1. The van der Waals surface area contributed by atoms with Crippen molar-refractivity contribution in [3.8, 4) is 0 Å². The average molecular weight is 419 g/mol. The summed E-state index contributed by atoms with van der Waals surface area (Å²) in [5, 5.41) is 3.31. The highest BCUT2D eigenvalue weighted by Crippen LogP contribution is 2.21. The Labute approximate surface area is 173 Å². The Morgan fingerprint density at radius 3 is 2.53 bits per heavy atom. The van der Waals surface area contributed by atoms with E-state index in [2.05, 4.69) is 10.3 Å². The number of carbonyl (C=O) groups is 2.